The van der Waals surface area contributed by atoms with Gasteiger partial charge in [0, 0.05) is 17.7 Å². The van der Waals surface area contributed by atoms with E-state index >= 15 is 0 Å². The Kier molecular flexibility index (Phi) is 4.45. The van der Waals surface area contributed by atoms with Crippen molar-refractivity contribution >= 4 is 11.8 Å². The molecular formula is C11H13NO5. The smallest absolute Gasteiger partial charge is 0.449 e. The van der Waals surface area contributed by atoms with E-state index in [1.54, 1.807) is 0 Å². The van der Waals surface area contributed by atoms with Crippen LogP contribution in [-0.4, -0.2) is 16.2 Å². The van der Waals surface area contributed by atoms with E-state index in [9.17, 15) is 14.9 Å². The van der Waals surface area contributed by atoms with Gasteiger partial charge in [0.2, 0.25) is 0 Å². The highest BCUT2D eigenvalue weighted by molar-refractivity contribution is 5.62. The van der Waals surface area contributed by atoms with E-state index in [0.29, 0.717) is 12.0 Å². The number of carboxylic acid groups (broad SMARTS) is 1. The third kappa shape index (κ3) is 3.75. The zero-order valence-corrected chi connectivity index (χ0v) is 9.38. The molecule has 92 valence electrons. The first-order valence-corrected chi connectivity index (χ1v) is 5.22. The monoisotopic (exact) mass is 239 g/mol. The predicted molar refractivity (Wildman–Crippen MR) is 60.4 cm³/mol. The lowest BCUT2D eigenvalue weighted by molar-refractivity contribution is -0.384. The summed E-state index contributed by atoms with van der Waals surface area (Å²) in [6, 6.07) is 3.90. The average molecular weight is 239 g/mol. The minimum atomic E-state index is -1.42. The third-order valence-corrected chi connectivity index (χ3v) is 2.25. The fourth-order valence-electron chi connectivity index (χ4n) is 1.44. The van der Waals surface area contributed by atoms with Crippen LogP contribution in [0, 0.1) is 10.1 Å². The van der Waals surface area contributed by atoms with Crippen LogP contribution in [0.15, 0.2) is 18.2 Å². The molecule has 17 heavy (non-hydrogen) atoms. The SMILES string of the molecule is CCCCc1cc([N+](=O)[O-])ccc1OC(=O)O. The van der Waals surface area contributed by atoms with Gasteiger partial charge in [0.1, 0.15) is 5.75 Å². The highest BCUT2D eigenvalue weighted by atomic mass is 16.7. The molecule has 0 fully saturated rings. The molecule has 0 aliphatic rings. The molecule has 1 aromatic rings. The van der Waals surface area contributed by atoms with E-state index in [4.69, 9.17) is 5.11 Å². The van der Waals surface area contributed by atoms with Crippen LogP contribution in [0.5, 0.6) is 5.75 Å². The maximum atomic E-state index is 10.6. The molecule has 0 saturated carbocycles. The van der Waals surface area contributed by atoms with Crippen LogP contribution in [0.1, 0.15) is 25.3 Å². The Balaban J connectivity index is 3.02. The first kappa shape index (κ1) is 13.0. The second kappa shape index (κ2) is 5.83. The molecule has 0 heterocycles. The molecular weight excluding hydrogens is 226 g/mol. The third-order valence-electron chi connectivity index (χ3n) is 2.25. The molecule has 0 aliphatic heterocycles. The summed E-state index contributed by atoms with van der Waals surface area (Å²) in [4.78, 5) is 20.6. The Bertz CT molecular complexity index is 430. The van der Waals surface area contributed by atoms with E-state index < -0.39 is 11.1 Å². The molecule has 0 bridgehead atoms. The van der Waals surface area contributed by atoms with Crippen LogP contribution in [0.4, 0.5) is 10.5 Å². The summed E-state index contributed by atoms with van der Waals surface area (Å²) in [5.41, 5.74) is 0.484. The van der Waals surface area contributed by atoms with Gasteiger partial charge in [-0.15, -0.1) is 0 Å². The molecule has 6 nitrogen and oxygen atoms in total. The van der Waals surface area contributed by atoms with E-state index in [0.717, 1.165) is 12.8 Å². The molecule has 0 saturated heterocycles. The van der Waals surface area contributed by atoms with Gasteiger partial charge in [-0.1, -0.05) is 13.3 Å². The van der Waals surface area contributed by atoms with Crippen LogP contribution in [0.2, 0.25) is 0 Å². The van der Waals surface area contributed by atoms with E-state index in [1.807, 2.05) is 6.92 Å². The summed E-state index contributed by atoms with van der Waals surface area (Å²) in [6.45, 7) is 1.98. The van der Waals surface area contributed by atoms with Crippen LogP contribution in [-0.2, 0) is 6.42 Å². The minimum Gasteiger partial charge on any atom is -0.449 e. The van der Waals surface area contributed by atoms with E-state index in [1.165, 1.54) is 18.2 Å². The van der Waals surface area contributed by atoms with Crippen molar-refractivity contribution in [3.05, 3.63) is 33.9 Å². The summed E-state index contributed by atoms with van der Waals surface area (Å²) in [5, 5.41) is 19.1. The van der Waals surface area contributed by atoms with E-state index in [2.05, 4.69) is 4.74 Å². The van der Waals surface area contributed by atoms with Crippen molar-refractivity contribution in [3.63, 3.8) is 0 Å². The maximum absolute atomic E-state index is 10.6. The van der Waals surface area contributed by atoms with Crippen LogP contribution >= 0.6 is 0 Å². The Labute approximate surface area is 98.0 Å². The van der Waals surface area contributed by atoms with Crippen molar-refractivity contribution in [2.75, 3.05) is 0 Å². The predicted octanol–water partition coefficient (Wildman–Crippen LogP) is 2.99. The lowest BCUT2D eigenvalue weighted by Crippen LogP contribution is -2.05. The number of unbranched alkanes of at least 4 members (excludes halogenated alkanes) is 1. The first-order chi connectivity index (χ1) is 8.04. The van der Waals surface area contributed by atoms with Crippen LogP contribution in [0.3, 0.4) is 0 Å². The van der Waals surface area contributed by atoms with Gasteiger partial charge in [-0.25, -0.2) is 4.79 Å². The van der Waals surface area contributed by atoms with Gasteiger partial charge in [-0.2, -0.15) is 0 Å². The van der Waals surface area contributed by atoms with Gasteiger partial charge in [-0.05, 0) is 18.9 Å². The fraction of sp³-hybridized carbons (Fsp3) is 0.364. The number of nitro benzene ring substituents is 1. The second-order valence-electron chi connectivity index (χ2n) is 3.52. The lowest BCUT2D eigenvalue weighted by Gasteiger charge is -2.07. The highest BCUT2D eigenvalue weighted by Gasteiger charge is 2.13. The molecule has 1 rings (SSSR count). The molecule has 0 amide bonds. The molecule has 0 aromatic heterocycles. The molecule has 1 N–H and O–H groups in total. The topological polar surface area (TPSA) is 89.7 Å². The summed E-state index contributed by atoms with van der Waals surface area (Å²) < 4.78 is 4.57. The number of benzene rings is 1. The number of ether oxygens (including phenoxy) is 1. The van der Waals surface area contributed by atoms with Gasteiger partial charge in [0.05, 0.1) is 4.92 Å². The molecule has 0 atom stereocenters. The minimum absolute atomic E-state index is 0.0613. The molecule has 0 aliphatic carbocycles. The fourth-order valence-corrected chi connectivity index (χ4v) is 1.44. The van der Waals surface area contributed by atoms with Gasteiger partial charge in [0.15, 0.2) is 0 Å². The summed E-state index contributed by atoms with van der Waals surface area (Å²) in [6.07, 6.45) is 0.865. The average Bonchev–Trinajstić information content (AvgIpc) is 2.26. The number of non-ortho nitro benzene ring substituents is 1. The van der Waals surface area contributed by atoms with Crippen molar-refractivity contribution in [1.82, 2.24) is 0 Å². The summed E-state index contributed by atoms with van der Waals surface area (Å²) in [7, 11) is 0. The summed E-state index contributed by atoms with van der Waals surface area (Å²) in [5.74, 6) is 0.163. The molecule has 6 heteroatoms. The van der Waals surface area contributed by atoms with Gasteiger partial charge < -0.3 is 9.84 Å². The second-order valence-corrected chi connectivity index (χ2v) is 3.52. The summed E-state index contributed by atoms with van der Waals surface area (Å²) >= 11 is 0. The molecule has 0 unspecified atom stereocenters. The Hall–Kier alpha value is -2.11. The van der Waals surface area contributed by atoms with Crippen LogP contribution < -0.4 is 4.74 Å². The van der Waals surface area contributed by atoms with Gasteiger partial charge in [0.25, 0.3) is 5.69 Å². The van der Waals surface area contributed by atoms with Crippen molar-refractivity contribution in [2.24, 2.45) is 0 Å². The number of hydrogen-bond donors (Lipinski definition) is 1. The standard InChI is InChI=1S/C11H13NO5/c1-2-3-4-8-7-9(12(15)16)5-6-10(8)17-11(13)14/h5-7H,2-4H2,1H3,(H,13,14). The Morgan fingerprint density at radius 1 is 1.53 bits per heavy atom. The number of nitro groups is 1. The van der Waals surface area contributed by atoms with Gasteiger partial charge >= 0.3 is 6.16 Å². The Morgan fingerprint density at radius 2 is 2.24 bits per heavy atom. The first-order valence-electron chi connectivity index (χ1n) is 5.22. The van der Waals surface area contributed by atoms with Crippen molar-refractivity contribution < 1.29 is 19.6 Å². The van der Waals surface area contributed by atoms with Crippen molar-refractivity contribution in [2.45, 2.75) is 26.2 Å². The quantitative estimate of drug-likeness (QED) is 0.369. The van der Waals surface area contributed by atoms with Crippen molar-refractivity contribution in [1.29, 1.82) is 0 Å². The normalized spacial score (nSPS) is 9.94. The number of hydrogen-bond acceptors (Lipinski definition) is 4. The molecule has 0 spiro atoms. The van der Waals surface area contributed by atoms with E-state index in [-0.39, 0.29) is 11.4 Å². The zero-order chi connectivity index (χ0) is 12.8. The number of nitrogens with zero attached hydrogens (tertiary/aromatic N) is 1. The van der Waals surface area contributed by atoms with Crippen molar-refractivity contribution in [3.8, 4) is 5.75 Å². The number of carbonyl (C=O) groups is 1. The Morgan fingerprint density at radius 3 is 2.76 bits per heavy atom. The number of rotatable bonds is 5. The largest absolute Gasteiger partial charge is 0.511 e. The molecule has 1 aromatic carbocycles. The number of aryl methyl sites for hydroxylation is 1. The zero-order valence-electron chi connectivity index (χ0n) is 9.38. The highest BCUT2D eigenvalue weighted by Crippen LogP contribution is 2.25. The lowest BCUT2D eigenvalue weighted by atomic mass is 10.1. The van der Waals surface area contributed by atoms with Gasteiger partial charge in [-0.3, -0.25) is 10.1 Å². The van der Waals surface area contributed by atoms with Crippen LogP contribution in [0.25, 0.3) is 0 Å². The molecule has 0 radical (unpaired) electrons. The maximum Gasteiger partial charge on any atom is 0.511 e.